The van der Waals surface area contributed by atoms with Crippen LogP contribution in [0, 0.1) is 5.92 Å². The van der Waals surface area contributed by atoms with E-state index in [-0.39, 0.29) is 0 Å². The molecule has 18 heavy (non-hydrogen) atoms. The Hall–Kier alpha value is -1.02. The zero-order valence-corrected chi connectivity index (χ0v) is 11.1. The lowest BCUT2D eigenvalue weighted by atomic mass is 9.83. The molecule has 2 nitrogen and oxygen atoms in total. The Balaban J connectivity index is 1.47. The summed E-state index contributed by atoms with van der Waals surface area (Å²) in [6.45, 7) is 3.47. The van der Waals surface area contributed by atoms with Crippen LogP contribution in [0.4, 0.5) is 5.69 Å². The first-order chi connectivity index (χ1) is 8.93. The Kier molecular flexibility index (Phi) is 3.84. The maximum Gasteiger partial charge on any atom is 0.0376 e. The number of para-hydroxylation sites is 1. The topological polar surface area (TPSA) is 24.1 Å². The molecule has 1 aromatic rings. The van der Waals surface area contributed by atoms with Gasteiger partial charge in [-0.25, -0.2) is 0 Å². The molecule has 1 heterocycles. The summed E-state index contributed by atoms with van der Waals surface area (Å²) >= 11 is 0. The predicted molar refractivity (Wildman–Crippen MR) is 77.1 cm³/mol. The fourth-order valence-electron chi connectivity index (χ4n) is 3.13. The molecule has 1 aliphatic carbocycles. The van der Waals surface area contributed by atoms with E-state index in [9.17, 15) is 0 Å². The van der Waals surface area contributed by atoms with E-state index in [1.54, 1.807) is 0 Å². The lowest BCUT2D eigenvalue weighted by Gasteiger charge is -2.28. The van der Waals surface area contributed by atoms with Gasteiger partial charge in [-0.3, -0.25) is 0 Å². The van der Waals surface area contributed by atoms with Gasteiger partial charge < -0.3 is 10.6 Å². The molecular formula is C16H24N2. The summed E-state index contributed by atoms with van der Waals surface area (Å²) in [5, 5.41) is 7.16. The Bertz CT molecular complexity index is 384. The standard InChI is InChI=1S/C16H24N2/c1-2-7-16-15(6-1)14(9-11-18-16)12-17-10-8-13-4-3-5-13/h1-2,6-7,13-14,17-18H,3-5,8-12H2. The van der Waals surface area contributed by atoms with E-state index in [0.717, 1.165) is 19.0 Å². The highest BCUT2D eigenvalue weighted by atomic mass is 14.9. The molecule has 0 radical (unpaired) electrons. The van der Waals surface area contributed by atoms with E-state index in [0.29, 0.717) is 5.92 Å². The van der Waals surface area contributed by atoms with Gasteiger partial charge in [0.05, 0.1) is 0 Å². The number of nitrogens with one attached hydrogen (secondary N) is 2. The molecule has 2 aliphatic rings. The van der Waals surface area contributed by atoms with Crippen LogP contribution < -0.4 is 10.6 Å². The second-order valence-electron chi connectivity index (χ2n) is 5.79. The molecule has 2 N–H and O–H groups in total. The molecule has 0 amide bonds. The van der Waals surface area contributed by atoms with E-state index in [2.05, 4.69) is 34.9 Å². The van der Waals surface area contributed by atoms with Crippen molar-refractivity contribution >= 4 is 5.69 Å². The third-order valence-corrected chi connectivity index (χ3v) is 4.55. The van der Waals surface area contributed by atoms with E-state index >= 15 is 0 Å². The summed E-state index contributed by atoms with van der Waals surface area (Å²) in [7, 11) is 0. The molecule has 0 saturated heterocycles. The summed E-state index contributed by atoms with van der Waals surface area (Å²) in [6.07, 6.45) is 7.04. The van der Waals surface area contributed by atoms with Crippen molar-refractivity contribution in [3.05, 3.63) is 29.8 Å². The minimum Gasteiger partial charge on any atom is -0.385 e. The molecular weight excluding hydrogens is 220 g/mol. The third-order valence-electron chi connectivity index (χ3n) is 4.55. The van der Waals surface area contributed by atoms with Crippen LogP contribution >= 0.6 is 0 Å². The maximum atomic E-state index is 3.67. The summed E-state index contributed by atoms with van der Waals surface area (Å²) in [5.74, 6) is 1.72. The van der Waals surface area contributed by atoms with Crippen LogP contribution in [0.5, 0.6) is 0 Å². The third kappa shape index (κ3) is 2.69. The van der Waals surface area contributed by atoms with Gasteiger partial charge in [-0.15, -0.1) is 0 Å². The van der Waals surface area contributed by atoms with Crippen molar-refractivity contribution in [3.8, 4) is 0 Å². The highest BCUT2D eigenvalue weighted by Crippen LogP contribution is 2.31. The lowest BCUT2D eigenvalue weighted by molar-refractivity contribution is 0.291. The van der Waals surface area contributed by atoms with Gasteiger partial charge in [0, 0.05) is 24.7 Å². The first-order valence-electron chi connectivity index (χ1n) is 7.47. The van der Waals surface area contributed by atoms with Crippen LogP contribution in [0.15, 0.2) is 24.3 Å². The molecule has 1 unspecified atom stereocenters. The largest absolute Gasteiger partial charge is 0.385 e. The molecule has 3 rings (SSSR count). The summed E-state index contributed by atoms with van der Waals surface area (Å²) in [6, 6.07) is 8.76. The van der Waals surface area contributed by atoms with Gasteiger partial charge in [0.15, 0.2) is 0 Å². The SMILES string of the molecule is c1ccc2c(c1)NCCC2CNCCC1CCC1. The normalized spacial score (nSPS) is 23.0. The monoisotopic (exact) mass is 244 g/mol. The molecule has 0 bridgehead atoms. The molecule has 1 atom stereocenters. The second kappa shape index (κ2) is 5.75. The van der Waals surface area contributed by atoms with E-state index in [1.165, 1.54) is 49.9 Å². The minimum absolute atomic E-state index is 0.698. The summed E-state index contributed by atoms with van der Waals surface area (Å²) in [4.78, 5) is 0. The van der Waals surface area contributed by atoms with Gasteiger partial charge in [0.1, 0.15) is 0 Å². The van der Waals surface area contributed by atoms with Crippen molar-refractivity contribution in [2.45, 2.75) is 38.0 Å². The predicted octanol–water partition coefficient (Wildman–Crippen LogP) is 3.37. The molecule has 0 aromatic heterocycles. The lowest BCUT2D eigenvalue weighted by Crippen LogP contribution is -2.29. The molecule has 2 heteroatoms. The van der Waals surface area contributed by atoms with Gasteiger partial charge in [0.25, 0.3) is 0 Å². The van der Waals surface area contributed by atoms with Crippen LogP contribution in [0.3, 0.4) is 0 Å². The highest BCUT2D eigenvalue weighted by molar-refractivity contribution is 5.54. The average Bonchev–Trinajstić information content (AvgIpc) is 2.36. The van der Waals surface area contributed by atoms with Gasteiger partial charge in [-0.2, -0.15) is 0 Å². The molecule has 1 aliphatic heterocycles. The fourth-order valence-corrected chi connectivity index (χ4v) is 3.13. The van der Waals surface area contributed by atoms with Gasteiger partial charge in [0.2, 0.25) is 0 Å². The Morgan fingerprint density at radius 3 is 2.89 bits per heavy atom. The quantitative estimate of drug-likeness (QED) is 0.776. The van der Waals surface area contributed by atoms with Gasteiger partial charge >= 0.3 is 0 Å². The molecule has 98 valence electrons. The van der Waals surface area contributed by atoms with E-state index < -0.39 is 0 Å². The number of hydrogen-bond donors (Lipinski definition) is 2. The van der Waals surface area contributed by atoms with Crippen molar-refractivity contribution in [2.24, 2.45) is 5.92 Å². The number of fused-ring (bicyclic) bond motifs is 1. The van der Waals surface area contributed by atoms with Crippen LogP contribution in [-0.2, 0) is 0 Å². The van der Waals surface area contributed by atoms with E-state index in [4.69, 9.17) is 0 Å². The highest BCUT2D eigenvalue weighted by Gasteiger charge is 2.20. The zero-order chi connectivity index (χ0) is 12.2. The van der Waals surface area contributed by atoms with Crippen LogP contribution in [-0.4, -0.2) is 19.6 Å². The van der Waals surface area contributed by atoms with E-state index in [1.807, 2.05) is 0 Å². The first kappa shape index (κ1) is 12.0. The fraction of sp³-hybridized carbons (Fsp3) is 0.625. The molecule has 1 aromatic carbocycles. The number of hydrogen-bond acceptors (Lipinski definition) is 2. The number of rotatable bonds is 5. The number of anilines is 1. The van der Waals surface area contributed by atoms with Gasteiger partial charge in [-0.05, 0) is 36.9 Å². The van der Waals surface area contributed by atoms with Crippen molar-refractivity contribution in [3.63, 3.8) is 0 Å². The minimum atomic E-state index is 0.698. The van der Waals surface area contributed by atoms with Crippen LogP contribution in [0.25, 0.3) is 0 Å². The molecule has 1 fully saturated rings. The van der Waals surface area contributed by atoms with Gasteiger partial charge in [-0.1, -0.05) is 37.5 Å². The number of benzene rings is 1. The molecule has 1 saturated carbocycles. The maximum absolute atomic E-state index is 3.67. The first-order valence-corrected chi connectivity index (χ1v) is 7.47. The van der Waals surface area contributed by atoms with Crippen molar-refractivity contribution in [2.75, 3.05) is 25.0 Å². The summed E-state index contributed by atoms with van der Waals surface area (Å²) in [5.41, 5.74) is 2.84. The van der Waals surface area contributed by atoms with Crippen LogP contribution in [0.1, 0.15) is 43.6 Å². The smallest absolute Gasteiger partial charge is 0.0376 e. The molecule has 0 spiro atoms. The average molecular weight is 244 g/mol. The van der Waals surface area contributed by atoms with Crippen LogP contribution in [0.2, 0.25) is 0 Å². The summed E-state index contributed by atoms with van der Waals surface area (Å²) < 4.78 is 0. The second-order valence-corrected chi connectivity index (χ2v) is 5.79. The Labute approximate surface area is 110 Å². The van der Waals surface area contributed by atoms with Crippen molar-refractivity contribution < 1.29 is 0 Å². The zero-order valence-electron chi connectivity index (χ0n) is 11.1. The van der Waals surface area contributed by atoms with Crippen molar-refractivity contribution in [1.82, 2.24) is 5.32 Å². The Morgan fingerprint density at radius 2 is 2.06 bits per heavy atom. The van der Waals surface area contributed by atoms with Crippen molar-refractivity contribution in [1.29, 1.82) is 0 Å². The Morgan fingerprint density at radius 1 is 1.17 bits per heavy atom.